The minimum Gasteiger partial charge on any atom is -0.497 e. The lowest BCUT2D eigenvalue weighted by Crippen LogP contribution is -2.35. The Kier molecular flexibility index (Phi) is 8.48. The van der Waals surface area contributed by atoms with E-state index in [0.29, 0.717) is 17.3 Å². The van der Waals surface area contributed by atoms with Crippen molar-refractivity contribution in [3.63, 3.8) is 0 Å². The van der Waals surface area contributed by atoms with Gasteiger partial charge in [0.05, 0.1) is 13.5 Å². The third kappa shape index (κ3) is 7.53. The van der Waals surface area contributed by atoms with Crippen molar-refractivity contribution in [1.29, 1.82) is 0 Å². The Bertz CT molecular complexity index is 750. The number of carbonyl (C=O) groups excluding carboxylic acids is 2. The van der Waals surface area contributed by atoms with Gasteiger partial charge in [-0.25, -0.2) is 0 Å². The molecule has 0 aliphatic rings. The molecule has 0 saturated heterocycles. The first-order valence-corrected chi connectivity index (χ1v) is 9.83. The Balaban J connectivity index is 1.67. The predicted octanol–water partition coefficient (Wildman–Crippen LogP) is 4.08. The zero-order valence-corrected chi connectivity index (χ0v) is 16.8. The molecule has 0 heterocycles. The minimum atomic E-state index is -0.837. The maximum atomic E-state index is 12.1. The van der Waals surface area contributed by atoms with E-state index in [9.17, 15) is 9.59 Å². The van der Waals surface area contributed by atoms with Crippen molar-refractivity contribution in [2.24, 2.45) is 0 Å². The predicted molar refractivity (Wildman–Crippen MR) is 107 cm³/mol. The van der Waals surface area contributed by atoms with Crippen molar-refractivity contribution in [2.45, 2.75) is 30.9 Å². The van der Waals surface area contributed by atoms with Crippen LogP contribution in [0.3, 0.4) is 0 Å². The number of nitrogens with one attached hydrogen (secondary N) is 1. The van der Waals surface area contributed by atoms with Crippen LogP contribution in [-0.2, 0) is 20.9 Å². The molecule has 2 aromatic rings. The Hall–Kier alpha value is -2.18. The van der Waals surface area contributed by atoms with Gasteiger partial charge in [-0.3, -0.25) is 9.59 Å². The number of ether oxygens (including phenoxy) is 2. The topological polar surface area (TPSA) is 64.6 Å². The van der Waals surface area contributed by atoms with Crippen LogP contribution < -0.4 is 10.1 Å². The van der Waals surface area contributed by atoms with E-state index in [4.69, 9.17) is 21.1 Å². The number of hydrogen-bond acceptors (Lipinski definition) is 5. The van der Waals surface area contributed by atoms with Gasteiger partial charge in [0.25, 0.3) is 5.91 Å². The number of rotatable bonds is 9. The van der Waals surface area contributed by atoms with Crippen molar-refractivity contribution < 1.29 is 19.1 Å². The van der Waals surface area contributed by atoms with E-state index in [1.807, 2.05) is 36.4 Å². The zero-order valence-electron chi connectivity index (χ0n) is 15.2. The molecular weight excluding hydrogens is 386 g/mol. The van der Waals surface area contributed by atoms with Gasteiger partial charge >= 0.3 is 5.97 Å². The molecule has 1 atom stereocenters. The van der Waals surface area contributed by atoms with Crippen LogP contribution in [0.15, 0.2) is 53.4 Å². The largest absolute Gasteiger partial charge is 0.497 e. The van der Waals surface area contributed by atoms with Gasteiger partial charge in [-0.1, -0.05) is 23.7 Å². The second-order valence-electron chi connectivity index (χ2n) is 5.75. The van der Waals surface area contributed by atoms with Gasteiger partial charge in [0.2, 0.25) is 0 Å². The first-order valence-electron chi connectivity index (χ1n) is 8.46. The summed E-state index contributed by atoms with van der Waals surface area (Å²) in [7, 11) is 1.60. The summed E-state index contributed by atoms with van der Waals surface area (Å²) in [4.78, 5) is 25.0. The highest BCUT2D eigenvalue weighted by Crippen LogP contribution is 2.21. The number of thioether (sulfide) groups is 1. The van der Waals surface area contributed by atoms with E-state index in [-0.39, 0.29) is 12.3 Å². The van der Waals surface area contributed by atoms with Crippen LogP contribution in [0, 0.1) is 0 Å². The van der Waals surface area contributed by atoms with E-state index in [1.54, 1.807) is 26.2 Å². The summed E-state index contributed by atoms with van der Waals surface area (Å²) >= 11 is 7.37. The lowest BCUT2D eigenvalue weighted by Gasteiger charge is -2.13. The smallest absolute Gasteiger partial charge is 0.307 e. The molecular formula is C20H22ClNO4S. The number of amides is 1. The molecule has 144 valence electrons. The summed E-state index contributed by atoms with van der Waals surface area (Å²) in [5, 5.41) is 3.43. The molecule has 1 amide bonds. The van der Waals surface area contributed by atoms with E-state index in [1.165, 1.54) is 11.8 Å². The molecule has 0 aliphatic heterocycles. The summed E-state index contributed by atoms with van der Waals surface area (Å²) in [5.74, 6) is 0.595. The zero-order chi connectivity index (χ0) is 19.6. The van der Waals surface area contributed by atoms with Gasteiger partial charge in [-0.05, 0) is 48.9 Å². The Morgan fingerprint density at radius 2 is 1.78 bits per heavy atom. The molecule has 0 radical (unpaired) electrons. The van der Waals surface area contributed by atoms with Crippen LogP contribution in [0.5, 0.6) is 5.75 Å². The Morgan fingerprint density at radius 3 is 2.41 bits per heavy atom. The van der Waals surface area contributed by atoms with Crippen LogP contribution in [0.25, 0.3) is 0 Å². The van der Waals surface area contributed by atoms with Crippen molar-refractivity contribution in [1.82, 2.24) is 5.32 Å². The van der Waals surface area contributed by atoms with E-state index < -0.39 is 12.1 Å². The third-order valence-electron chi connectivity index (χ3n) is 3.69. The summed E-state index contributed by atoms with van der Waals surface area (Å²) < 4.78 is 10.3. The van der Waals surface area contributed by atoms with Crippen molar-refractivity contribution >= 4 is 35.2 Å². The second kappa shape index (κ2) is 10.8. The van der Waals surface area contributed by atoms with Crippen molar-refractivity contribution in [3.8, 4) is 5.75 Å². The molecule has 0 spiro atoms. The van der Waals surface area contributed by atoms with Gasteiger partial charge in [0.15, 0.2) is 6.10 Å². The highest BCUT2D eigenvalue weighted by Gasteiger charge is 2.17. The number of methoxy groups -OCH3 is 1. The van der Waals surface area contributed by atoms with Crippen molar-refractivity contribution in [3.05, 3.63) is 59.1 Å². The molecule has 0 fully saturated rings. The SMILES string of the molecule is COc1ccc(CNC(=O)[C@H](C)OC(=O)CCSc2ccc(Cl)cc2)cc1. The Labute approximate surface area is 168 Å². The fourth-order valence-corrected chi connectivity index (χ4v) is 3.13. The average Bonchev–Trinajstić information content (AvgIpc) is 2.68. The summed E-state index contributed by atoms with van der Waals surface area (Å²) in [6.07, 6.45) is -0.611. The number of benzene rings is 2. The molecule has 0 aliphatic carbocycles. The summed E-state index contributed by atoms with van der Waals surface area (Å²) in [6, 6.07) is 14.8. The molecule has 27 heavy (non-hydrogen) atoms. The molecule has 1 N–H and O–H groups in total. The molecule has 0 saturated carbocycles. The summed E-state index contributed by atoms with van der Waals surface area (Å²) in [6.45, 7) is 1.92. The normalized spacial score (nSPS) is 11.5. The van der Waals surface area contributed by atoms with Crippen LogP contribution in [0.4, 0.5) is 0 Å². The van der Waals surface area contributed by atoms with Crippen LogP contribution in [0.1, 0.15) is 18.9 Å². The van der Waals surface area contributed by atoms with Gasteiger partial charge in [0, 0.05) is 22.2 Å². The minimum absolute atomic E-state index is 0.226. The lowest BCUT2D eigenvalue weighted by atomic mass is 10.2. The van der Waals surface area contributed by atoms with Crippen LogP contribution >= 0.6 is 23.4 Å². The quantitative estimate of drug-likeness (QED) is 0.501. The van der Waals surface area contributed by atoms with Gasteiger partial charge in [0.1, 0.15) is 5.75 Å². The maximum Gasteiger partial charge on any atom is 0.307 e. The highest BCUT2D eigenvalue weighted by molar-refractivity contribution is 7.99. The van der Waals surface area contributed by atoms with Crippen LogP contribution in [0.2, 0.25) is 5.02 Å². The molecule has 5 nitrogen and oxygen atoms in total. The maximum absolute atomic E-state index is 12.1. The monoisotopic (exact) mass is 407 g/mol. The number of esters is 1. The van der Waals surface area contributed by atoms with Gasteiger partial charge in [-0.15, -0.1) is 11.8 Å². The molecule has 0 aromatic heterocycles. The molecule has 0 unspecified atom stereocenters. The van der Waals surface area contributed by atoms with Gasteiger partial charge < -0.3 is 14.8 Å². The molecule has 0 bridgehead atoms. The third-order valence-corrected chi connectivity index (χ3v) is 4.96. The first-order chi connectivity index (χ1) is 13.0. The first kappa shape index (κ1) is 21.1. The lowest BCUT2D eigenvalue weighted by molar-refractivity contribution is -0.154. The second-order valence-corrected chi connectivity index (χ2v) is 7.36. The fourth-order valence-electron chi connectivity index (χ4n) is 2.17. The average molecular weight is 408 g/mol. The number of halogens is 1. The van der Waals surface area contributed by atoms with E-state index in [2.05, 4.69) is 5.32 Å². The molecule has 2 aromatic carbocycles. The highest BCUT2D eigenvalue weighted by atomic mass is 35.5. The molecule has 7 heteroatoms. The standard InChI is InChI=1S/C20H22ClNO4S/c1-14(20(24)22-13-15-3-7-17(25-2)8-4-15)26-19(23)11-12-27-18-9-5-16(21)6-10-18/h3-10,14H,11-13H2,1-2H3,(H,22,24)/t14-/m0/s1. The number of hydrogen-bond donors (Lipinski definition) is 1. The van der Waals surface area contributed by atoms with E-state index in [0.717, 1.165) is 16.2 Å². The summed E-state index contributed by atoms with van der Waals surface area (Å²) in [5.41, 5.74) is 0.932. The molecule has 2 rings (SSSR count). The fraction of sp³-hybridized carbons (Fsp3) is 0.300. The van der Waals surface area contributed by atoms with Crippen LogP contribution in [-0.4, -0.2) is 30.8 Å². The Morgan fingerprint density at radius 1 is 1.11 bits per heavy atom. The van der Waals surface area contributed by atoms with Crippen molar-refractivity contribution in [2.75, 3.05) is 12.9 Å². The van der Waals surface area contributed by atoms with E-state index >= 15 is 0 Å². The van der Waals surface area contributed by atoms with Gasteiger partial charge in [-0.2, -0.15) is 0 Å². The number of carbonyl (C=O) groups is 2.